The van der Waals surface area contributed by atoms with Gasteiger partial charge in [-0.2, -0.15) is 0 Å². The second-order valence-electron chi connectivity index (χ2n) is 6.52. The minimum atomic E-state index is -0.544. The molecule has 0 aliphatic rings. The molecule has 0 unspecified atom stereocenters. The van der Waals surface area contributed by atoms with E-state index >= 15 is 0 Å². The van der Waals surface area contributed by atoms with Crippen molar-refractivity contribution < 1.29 is 4.74 Å². The predicted octanol–water partition coefficient (Wildman–Crippen LogP) is 5.04. The lowest BCUT2D eigenvalue weighted by Crippen LogP contribution is -2.38. The van der Waals surface area contributed by atoms with E-state index in [0.717, 1.165) is 5.69 Å². The third kappa shape index (κ3) is 2.72. The molecule has 0 amide bonds. The van der Waals surface area contributed by atoms with E-state index in [4.69, 9.17) is 4.74 Å². The van der Waals surface area contributed by atoms with Crippen molar-refractivity contribution in [1.82, 2.24) is 9.55 Å². The van der Waals surface area contributed by atoms with Crippen LogP contribution in [0.4, 0.5) is 0 Å². The standard InChI is InChI=1S/C24H22N2O/c1-19-23(27-2)25-18-26(19)24(20-12-6-3-7-13-20,21-14-8-4-9-15-21)22-16-10-5-11-17-22/h3-18H,1-2H3. The third-order valence-corrected chi connectivity index (χ3v) is 5.09. The van der Waals surface area contributed by atoms with E-state index in [1.807, 2.05) is 24.5 Å². The summed E-state index contributed by atoms with van der Waals surface area (Å²) in [5.74, 6) is 0.641. The van der Waals surface area contributed by atoms with Gasteiger partial charge in [-0.15, -0.1) is 0 Å². The first-order valence-electron chi connectivity index (χ1n) is 9.03. The molecule has 4 rings (SSSR count). The molecule has 1 heterocycles. The Morgan fingerprint density at radius 2 is 1.11 bits per heavy atom. The first-order chi connectivity index (χ1) is 13.3. The summed E-state index contributed by atoms with van der Waals surface area (Å²) in [6, 6.07) is 31.7. The van der Waals surface area contributed by atoms with Crippen LogP contribution in [0, 0.1) is 6.92 Å². The highest BCUT2D eigenvalue weighted by atomic mass is 16.5. The summed E-state index contributed by atoms with van der Waals surface area (Å²) in [6.07, 6.45) is 1.88. The largest absolute Gasteiger partial charge is 0.480 e. The lowest BCUT2D eigenvalue weighted by Gasteiger charge is -2.38. The molecule has 0 atom stereocenters. The van der Waals surface area contributed by atoms with Gasteiger partial charge in [-0.3, -0.25) is 0 Å². The van der Waals surface area contributed by atoms with Gasteiger partial charge in [0.2, 0.25) is 5.88 Å². The molecule has 0 spiro atoms. The molecule has 3 heteroatoms. The van der Waals surface area contributed by atoms with Crippen LogP contribution in [-0.2, 0) is 5.54 Å². The molecular weight excluding hydrogens is 332 g/mol. The Balaban J connectivity index is 2.15. The van der Waals surface area contributed by atoms with Crippen molar-refractivity contribution in [2.45, 2.75) is 12.5 Å². The maximum Gasteiger partial charge on any atom is 0.234 e. The SMILES string of the molecule is COc1ncn(C(c2ccccc2)(c2ccccc2)c2ccccc2)c1C. The Kier molecular flexibility index (Phi) is 4.51. The lowest BCUT2D eigenvalue weighted by molar-refractivity contribution is 0.393. The van der Waals surface area contributed by atoms with Gasteiger partial charge in [-0.1, -0.05) is 91.0 Å². The Bertz CT molecular complexity index is 912. The third-order valence-electron chi connectivity index (χ3n) is 5.09. The summed E-state index contributed by atoms with van der Waals surface area (Å²) in [7, 11) is 1.66. The number of benzene rings is 3. The topological polar surface area (TPSA) is 27.1 Å². The van der Waals surface area contributed by atoms with Gasteiger partial charge in [0, 0.05) is 0 Å². The molecule has 0 saturated heterocycles. The summed E-state index contributed by atoms with van der Waals surface area (Å²) in [5.41, 5.74) is 3.95. The van der Waals surface area contributed by atoms with Crippen LogP contribution >= 0.6 is 0 Å². The van der Waals surface area contributed by atoms with Crippen molar-refractivity contribution in [2.24, 2.45) is 0 Å². The van der Waals surface area contributed by atoms with Gasteiger partial charge in [-0.25, -0.2) is 4.98 Å². The van der Waals surface area contributed by atoms with Crippen LogP contribution in [0.1, 0.15) is 22.4 Å². The minimum Gasteiger partial charge on any atom is -0.480 e. The summed E-state index contributed by atoms with van der Waals surface area (Å²) >= 11 is 0. The highest BCUT2D eigenvalue weighted by Gasteiger charge is 2.39. The highest BCUT2D eigenvalue weighted by Crippen LogP contribution is 2.42. The van der Waals surface area contributed by atoms with Crippen LogP contribution in [0.25, 0.3) is 0 Å². The number of aromatic nitrogens is 2. The van der Waals surface area contributed by atoms with Gasteiger partial charge in [-0.05, 0) is 23.6 Å². The fraction of sp³-hybridized carbons (Fsp3) is 0.125. The van der Waals surface area contributed by atoms with Crippen LogP contribution in [0.15, 0.2) is 97.3 Å². The number of rotatable bonds is 5. The molecule has 0 bridgehead atoms. The van der Waals surface area contributed by atoms with Gasteiger partial charge in [0.05, 0.1) is 12.8 Å². The maximum absolute atomic E-state index is 5.50. The Hall–Kier alpha value is -3.33. The average Bonchev–Trinajstić information content (AvgIpc) is 3.12. The minimum absolute atomic E-state index is 0.544. The zero-order chi connectivity index (χ0) is 18.7. The van der Waals surface area contributed by atoms with E-state index in [1.54, 1.807) is 7.11 Å². The number of ether oxygens (including phenoxy) is 1. The number of hydrogen-bond donors (Lipinski definition) is 0. The molecule has 3 nitrogen and oxygen atoms in total. The predicted molar refractivity (Wildman–Crippen MR) is 108 cm³/mol. The van der Waals surface area contributed by atoms with E-state index in [9.17, 15) is 0 Å². The zero-order valence-corrected chi connectivity index (χ0v) is 15.5. The summed E-state index contributed by atoms with van der Waals surface area (Å²) in [6.45, 7) is 2.05. The molecule has 0 fully saturated rings. The normalized spacial score (nSPS) is 11.3. The zero-order valence-electron chi connectivity index (χ0n) is 15.5. The summed E-state index contributed by atoms with van der Waals surface area (Å²) in [4.78, 5) is 4.52. The second-order valence-corrected chi connectivity index (χ2v) is 6.52. The van der Waals surface area contributed by atoms with E-state index in [-0.39, 0.29) is 0 Å². The smallest absolute Gasteiger partial charge is 0.234 e. The molecule has 0 aliphatic heterocycles. The van der Waals surface area contributed by atoms with Gasteiger partial charge in [0.1, 0.15) is 11.9 Å². The van der Waals surface area contributed by atoms with Gasteiger partial charge < -0.3 is 9.30 Å². The molecule has 4 aromatic rings. The highest BCUT2D eigenvalue weighted by molar-refractivity contribution is 5.51. The molecule has 0 aliphatic carbocycles. The molecule has 0 N–H and O–H groups in total. The molecule has 134 valence electrons. The van der Waals surface area contributed by atoms with Crippen molar-refractivity contribution in [3.8, 4) is 5.88 Å². The van der Waals surface area contributed by atoms with Crippen molar-refractivity contribution in [2.75, 3.05) is 7.11 Å². The first-order valence-corrected chi connectivity index (χ1v) is 9.03. The van der Waals surface area contributed by atoms with Crippen LogP contribution in [0.3, 0.4) is 0 Å². The Morgan fingerprint density at radius 1 is 0.704 bits per heavy atom. The Morgan fingerprint density at radius 3 is 1.44 bits per heavy atom. The van der Waals surface area contributed by atoms with Crippen molar-refractivity contribution in [3.05, 3.63) is 120 Å². The molecule has 0 radical (unpaired) electrons. The summed E-state index contributed by atoms with van der Waals surface area (Å²) in [5, 5.41) is 0. The molecular formula is C24H22N2O. The molecule has 0 saturated carbocycles. The molecule has 3 aromatic carbocycles. The second kappa shape index (κ2) is 7.12. The van der Waals surface area contributed by atoms with E-state index in [1.165, 1.54) is 16.7 Å². The number of nitrogens with zero attached hydrogens (tertiary/aromatic N) is 2. The molecule has 1 aromatic heterocycles. The van der Waals surface area contributed by atoms with Crippen LogP contribution in [-0.4, -0.2) is 16.7 Å². The lowest BCUT2D eigenvalue weighted by atomic mass is 9.76. The monoisotopic (exact) mass is 354 g/mol. The van der Waals surface area contributed by atoms with Gasteiger partial charge >= 0.3 is 0 Å². The first kappa shape index (κ1) is 17.1. The van der Waals surface area contributed by atoms with Gasteiger partial charge in [0.25, 0.3) is 0 Å². The fourth-order valence-corrected chi connectivity index (χ4v) is 3.89. The van der Waals surface area contributed by atoms with Gasteiger partial charge in [0.15, 0.2) is 0 Å². The van der Waals surface area contributed by atoms with Crippen LogP contribution in [0.2, 0.25) is 0 Å². The number of methoxy groups -OCH3 is 1. The van der Waals surface area contributed by atoms with E-state index in [0.29, 0.717) is 5.88 Å². The number of imidazole rings is 1. The van der Waals surface area contributed by atoms with Crippen molar-refractivity contribution >= 4 is 0 Å². The average molecular weight is 354 g/mol. The van der Waals surface area contributed by atoms with Crippen LogP contribution < -0.4 is 4.74 Å². The van der Waals surface area contributed by atoms with E-state index in [2.05, 4.69) is 89.3 Å². The summed E-state index contributed by atoms with van der Waals surface area (Å²) < 4.78 is 7.71. The quantitative estimate of drug-likeness (QED) is 0.470. The fourth-order valence-electron chi connectivity index (χ4n) is 3.89. The Labute approximate surface area is 159 Å². The van der Waals surface area contributed by atoms with E-state index < -0.39 is 5.54 Å². The molecule has 27 heavy (non-hydrogen) atoms. The maximum atomic E-state index is 5.50. The van der Waals surface area contributed by atoms with Crippen molar-refractivity contribution in [1.29, 1.82) is 0 Å². The number of hydrogen-bond acceptors (Lipinski definition) is 2. The van der Waals surface area contributed by atoms with Crippen molar-refractivity contribution in [3.63, 3.8) is 0 Å². The van der Waals surface area contributed by atoms with Crippen LogP contribution in [0.5, 0.6) is 5.88 Å².